The minimum absolute atomic E-state index is 0.157. The fourth-order valence-electron chi connectivity index (χ4n) is 5.76. The Bertz CT molecular complexity index is 1300. The van der Waals surface area contributed by atoms with Crippen LogP contribution in [0.2, 0.25) is 0 Å². The second kappa shape index (κ2) is 9.52. The maximum atomic E-state index is 13.4. The van der Waals surface area contributed by atoms with Crippen LogP contribution in [0.5, 0.6) is 28.7 Å². The summed E-state index contributed by atoms with van der Waals surface area (Å²) in [5, 5.41) is 0. The van der Waals surface area contributed by atoms with Gasteiger partial charge in [-0.2, -0.15) is 0 Å². The smallest absolute Gasteiger partial charge is 0.311 e. The van der Waals surface area contributed by atoms with E-state index in [4.69, 9.17) is 33.2 Å². The molecule has 0 aromatic heterocycles. The Balaban J connectivity index is 1.44. The highest BCUT2D eigenvalue weighted by molar-refractivity contribution is 5.80. The van der Waals surface area contributed by atoms with Crippen molar-refractivity contribution in [2.24, 2.45) is 11.8 Å². The van der Waals surface area contributed by atoms with Crippen molar-refractivity contribution < 1.29 is 38.0 Å². The molecule has 192 valence electrons. The standard InChI is InChI=1S/C29H28O8/c1-31-23-9-17(10-24(32-2)28(23)33-3)25-18-11-21-22(36-15-35-21)12-19(18)27-20(26(25)29(30)37-27)14-34-13-16-7-5-4-6-8-16/h4-12,20,25-27H,13-15H2,1-3H3/t20?,25-,26-,27-/m1/s1. The zero-order chi connectivity index (χ0) is 25.5. The molecule has 3 aliphatic rings. The molecule has 1 unspecified atom stereocenters. The lowest BCUT2D eigenvalue weighted by atomic mass is 9.67. The van der Waals surface area contributed by atoms with E-state index in [2.05, 4.69) is 0 Å². The largest absolute Gasteiger partial charge is 0.493 e. The summed E-state index contributed by atoms with van der Waals surface area (Å²) in [6.45, 7) is 0.975. The topological polar surface area (TPSA) is 81.7 Å². The van der Waals surface area contributed by atoms with Gasteiger partial charge >= 0.3 is 5.97 Å². The zero-order valence-corrected chi connectivity index (χ0v) is 20.9. The van der Waals surface area contributed by atoms with Crippen LogP contribution in [0.15, 0.2) is 54.6 Å². The van der Waals surface area contributed by atoms with Gasteiger partial charge in [-0.25, -0.2) is 0 Å². The molecule has 2 aliphatic heterocycles. The Morgan fingerprint density at radius 1 is 0.865 bits per heavy atom. The molecule has 1 fully saturated rings. The van der Waals surface area contributed by atoms with E-state index >= 15 is 0 Å². The van der Waals surface area contributed by atoms with Crippen molar-refractivity contribution in [2.45, 2.75) is 18.6 Å². The Labute approximate surface area is 214 Å². The molecule has 0 saturated carbocycles. The number of carbonyl (C=O) groups is 1. The van der Waals surface area contributed by atoms with Gasteiger partial charge in [0.1, 0.15) is 6.10 Å². The summed E-state index contributed by atoms with van der Waals surface area (Å²) in [4.78, 5) is 13.4. The first kappa shape index (κ1) is 23.5. The Morgan fingerprint density at radius 2 is 1.54 bits per heavy atom. The molecule has 1 saturated heterocycles. The Morgan fingerprint density at radius 3 is 2.19 bits per heavy atom. The molecule has 0 radical (unpaired) electrons. The SMILES string of the molecule is COc1cc([C@@H]2c3cc4c(cc3[C@H]3OC(=O)[C@@H]2C3COCc2ccccc2)OCO4)cc(OC)c1OC. The van der Waals surface area contributed by atoms with Gasteiger partial charge in [0.15, 0.2) is 23.0 Å². The number of rotatable bonds is 8. The van der Waals surface area contributed by atoms with Crippen LogP contribution in [0.4, 0.5) is 0 Å². The van der Waals surface area contributed by atoms with E-state index in [1.807, 2.05) is 54.6 Å². The van der Waals surface area contributed by atoms with Gasteiger partial charge in [0, 0.05) is 17.4 Å². The molecule has 2 heterocycles. The molecule has 6 rings (SSSR count). The average molecular weight is 505 g/mol. The summed E-state index contributed by atoms with van der Waals surface area (Å²) in [6, 6.07) is 17.7. The van der Waals surface area contributed by atoms with Gasteiger partial charge in [-0.3, -0.25) is 4.79 Å². The Hall–Kier alpha value is -3.91. The summed E-state index contributed by atoms with van der Waals surface area (Å²) in [6.07, 6.45) is -0.434. The van der Waals surface area contributed by atoms with Crippen LogP contribution in [-0.4, -0.2) is 40.7 Å². The van der Waals surface area contributed by atoms with Crippen LogP contribution < -0.4 is 23.7 Å². The van der Waals surface area contributed by atoms with Gasteiger partial charge in [-0.15, -0.1) is 0 Å². The Kier molecular flexibility index (Phi) is 6.04. The molecule has 3 aromatic rings. The molecular weight excluding hydrogens is 476 g/mol. The lowest BCUT2D eigenvalue weighted by Crippen LogP contribution is -2.33. The van der Waals surface area contributed by atoms with E-state index in [0.29, 0.717) is 42.0 Å². The second-order valence-electron chi connectivity index (χ2n) is 9.32. The van der Waals surface area contributed by atoms with Gasteiger partial charge in [-0.1, -0.05) is 30.3 Å². The summed E-state index contributed by atoms with van der Waals surface area (Å²) in [7, 11) is 4.72. The first-order valence-corrected chi connectivity index (χ1v) is 12.2. The molecule has 0 amide bonds. The maximum Gasteiger partial charge on any atom is 0.311 e. The minimum atomic E-state index is -0.462. The molecule has 8 heteroatoms. The normalized spacial score (nSPS) is 22.8. The number of ether oxygens (including phenoxy) is 7. The second-order valence-corrected chi connectivity index (χ2v) is 9.32. The van der Waals surface area contributed by atoms with Gasteiger partial charge in [0.2, 0.25) is 12.5 Å². The molecule has 2 bridgehead atoms. The fourth-order valence-corrected chi connectivity index (χ4v) is 5.76. The highest BCUT2D eigenvalue weighted by atomic mass is 16.7. The lowest BCUT2D eigenvalue weighted by molar-refractivity contribution is -0.144. The third-order valence-electron chi connectivity index (χ3n) is 7.41. The molecule has 3 aromatic carbocycles. The summed E-state index contributed by atoms with van der Waals surface area (Å²) in [5.74, 6) is 1.59. The van der Waals surface area contributed by atoms with Gasteiger partial charge in [0.25, 0.3) is 0 Å². The predicted molar refractivity (Wildman–Crippen MR) is 132 cm³/mol. The maximum absolute atomic E-state index is 13.4. The van der Waals surface area contributed by atoms with E-state index < -0.39 is 12.0 Å². The fraction of sp³-hybridized carbons (Fsp3) is 0.345. The number of esters is 1. The van der Waals surface area contributed by atoms with Gasteiger partial charge in [-0.05, 0) is 41.0 Å². The van der Waals surface area contributed by atoms with Crippen molar-refractivity contribution in [2.75, 3.05) is 34.7 Å². The van der Waals surface area contributed by atoms with Crippen LogP contribution >= 0.6 is 0 Å². The van der Waals surface area contributed by atoms with Crippen molar-refractivity contribution in [1.29, 1.82) is 0 Å². The average Bonchev–Trinajstić information content (AvgIpc) is 3.49. The van der Waals surface area contributed by atoms with Crippen LogP contribution in [0.1, 0.15) is 34.3 Å². The highest BCUT2D eigenvalue weighted by Gasteiger charge is 2.55. The molecule has 0 spiro atoms. The van der Waals surface area contributed by atoms with Crippen molar-refractivity contribution in [3.63, 3.8) is 0 Å². The molecule has 1 aliphatic carbocycles. The van der Waals surface area contributed by atoms with Crippen molar-refractivity contribution in [3.8, 4) is 28.7 Å². The van der Waals surface area contributed by atoms with Gasteiger partial charge < -0.3 is 33.2 Å². The highest BCUT2D eigenvalue weighted by Crippen LogP contribution is 2.58. The summed E-state index contributed by atoms with van der Waals surface area (Å²) >= 11 is 0. The van der Waals surface area contributed by atoms with Crippen molar-refractivity contribution in [1.82, 2.24) is 0 Å². The van der Waals surface area contributed by atoms with Crippen LogP contribution in [0.25, 0.3) is 0 Å². The van der Waals surface area contributed by atoms with E-state index in [1.54, 1.807) is 21.3 Å². The van der Waals surface area contributed by atoms with Crippen molar-refractivity contribution in [3.05, 3.63) is 76.9 Å². The number of hydrogen-bond acceptors (Lipinski definition) is 8. The van der Waals surface area contributed by atoms with E-state index in [1.165, 1.54) is 0 Å². The van der Waals surface area contributed by atoms with Crippen LogP contribution in [0, 0.1) is 11.8 Å². The third kappa shape index (κ3) is 3.92. The summed E-state index contributed by atoms with van der Waals surface area (Å²) < 4.78 is 40.3. The quantitative estimate of drug-likeness (QED) is 0.411. The first-order chi connectivity index (χ1) is 18.1. The molecule has 8 nitrogen and oxygen atoms in total. The third-order valence-corrected chi connectivity index (χ3v) is 7.41. The summed E-state index contributed by atoms with van der Waals surface area (Å²) in [5.41, 5.74) is 3.78. The number of fused-ring (bicyclic) bond motifs is 5. The lowest BCUT2D eigenvalue weighted by Gasteiger charge is -2.35. The molecule has 37 heavy (non-hydrogen) atoms. The van der Waals surface area contributed by atoms with Crippen LogP contribution in [0.3, 0.4) is 0 Å². The molecule has 4 atom stereocenters. The molecular formula is C29H28O8. The minimum Gasteiger partial charge on any atom is -0.493 e. The monoisotopic (exact) mass is 504 g/mol. The van der Waals surface area contributed by atoms with E-state index in [0.717, 1.165) is 22.3 Å². The number of hydrogen-bond donors (Lipinski definition) is 0. The molecule has 0 N–H and O–H groups in total. The first-order valence-electron chi connectivity index (χ1n) is 12.2. The number of methoxy groups -OCH3 is 3. The van der Waals surface area contributed by atoms with Gasteiger partial charge in [0.05, 0.1) is 40.5 Å². The van der Waals surface area contributed by atoms with E-state index in [9.17, 15) is 4.79 Å². The zero-order valence-electron chi connectivity index (χ0n) is 20.9. The van der Waals surface area contributed by atoms with E-state index in [-0.39, 0.29) is 24.6 Å². The predicted octanol–water partition coefficient (Wildman–Crippen LogP) is 4.63. The number of benzene rings is 3. The van der Waals surface area contributed by atoms with Crippen LogP contribution in [-0.2, 0) is 20.9 Å². The van der Waals surface area contributed by atoms with Crippen molar-refractivity contribution >= 4 is 5.97 Å². The number of carbonyl (C=O) groups excluding carboxylic acids is 1.